The van der Waals surface area contributed by atoms with E-state index in [-0.39, 0.29) is 6.04 Å². The number of amides is 1. The highest BCUT2D eigenvalue weighted by atomic mass is 16.5. The maximum atomic E-state index is 11.6. The summed E-state index contributed by atoms with van der Waals surface area (Å²) in [5.74, 6) is 2.30. The minimum Gasteiger partial charge on any atom is -0.424 e. The Balaban J connectivity index is 1.08. The molecule has 214 valence electrons. The van der Waals surface area contributed by atoms with E-state index < -0.39 is 5.91 Å². The van der Waals surface area contributed by atoms with Gasteiger partial charge in [-0.05, 0) is 49.9 Å². The van der Waals surface area contributed by atoms with Crippen molar-refractivity contribution >= 4 is 17.7 Å². The first-order valence-electron chi connectivity index (χ1n) is 14.5. The summed E-state index contributed by atoms with van der Waals surface area (Å²) < 4.78 is 11.3. The summed E-state index contributed by atoms with van der Waals surface area (Å²) in [6, 6.07) is 12.5. The Morgan fingerprint density at radius 1 is 1.05 bits per heavy atom. The first-order chi connectivity index (χ1) is 20.1. The maximum Gasteiger partial charge on any atom is 0.295 e. The second-order valence-electron chi connectivity index (χ2n) is 10.8. The van der Waals surface area contributed by atoms with E-state index in [4.69, 9.17) is 19.7 Å². The van der Waals surface area contributed by atoms with Gasteiger partial charge in [0, 0.05) is 60.5 Å². The van der Waals surface area contributed by atoms with Crippen LogP contribution in [0.3, 0.4) is 0 Å². The Morgan fingerprint density at radius 3 is 2.71 bits per heavy atom. The number of primary amides is 1. The number of carbonyl (C=O) groups is 1. The SMILES string of the molecule is CCc1nc(-c2ccc(N3CCC[C@H](N[C@@H]4CCCC[C@H]4Nc4ncc(-c5cccc(C(N)=O)c5)o4)C3)nc2)no1. The molecule has 6 rings (SSSR count). The van der Waals surface area contributed by atoms with Gasteiger partial charge in [-0.3, -0.25) is 4.79 Å². The molecule has 0 radical (unpaired) electrons. The number of nitrogens with zero attached hydrogens (tertiary/aromatic N) is 5. The number of aryl methyl sites for hydroxylation is 1. The zero-order valence-corrected chi connectivity index (χ0v) is 23.3. The van der Waals surface area contributed by atoms with Crippen LogP contribution in [0.2, 0.25) is 0 Å². The Morgan fingerprint density at radius 2 is 1.93 bits per heavy atom. The first-order valence-corrected chi connectivity index (χ1v) is 14.5. The number of carbonyl (C=O) groups excluding carboxylic acids is 1. The summed E-state index contributed by atoms with van der Waals surface area (Å²) in [5.41, 5.74) is 7.50. The molecule has 11 nitrogen and oxygen atoms in total. The van der Waals surface area contributed by atoms with E-state index in [0.717, 1.165) is 62.1 Å². The van der Waals surface area contributed by atoms with Crippen molar-refractivity contribution in [1.29, 1.82) is 0 Å². The van der Waals surface area contributed by atoms with Crippen molar-refractivity contribution in [2.24, 2.45) is 5.73 Å². The monoisotopic (exact) mass is 556 g/mol. The largest absolute Gasteiger partial charge is 0.424 e. The molecule has 2 aliphatic rings. The third-order valence-electron chi connectivity index (χ3n) is 7.98. The predicted octanol–water partition coefficient (Wildman–Crippen LogP) is 4.43. The number of piperidine rings is 1. The molecule has 11 heteroatoms. The highest BCUT2D eigenvalue weighted by Crippen LogP contribution is 2.28. The topological polar surface area (TPSA) is 148 Å². The molecule has 4 N–H and O–H groups in total. The quantitative estimate of drug-likeness (QED) is 0.270. The molecule has 1 amide bonds. The van der Waals surface area contributed by atoms with E-state index in [1.807, 2.05) is 31.3 Å². The van der Waals surface area contributed by atoms with Gasteiger partial charge in [0.05, 0.1) is 6.20 Å². The van der Waals surface area contributed by atoms with E-state index in [1.165, 1.54) is 6.42 Å². The van der Waals surface area contributed by atoms with Crippen molar-refractivity contribution < 1.29 is 13.7 Å². The summed E-state index contributed by atoms with van der Waals surface area (Å²) in [5, 5.41) is 11.5. The van der Waals surface area contributed by atoms with Crippen LogP contribution in [0.5, 0.6) is 0 Å². The zero-order valence-electron chi connectivity index (χ0n) is 23.3. The lowest BCUT2D eigenvalue weighted by molar-refractivity contribution is 0.100. The Hall–Kier alpha value is -4.25. The van der Waals surface area contributed by atoms with Gasteiger partial charge < -0.3 is 30.2 Å². The number of pyridine rings is 1. The Bertz CT molecular complexity index is 1470. The number of hydrogen-bond donors (Lipinski definition) is 3. The van der Waals surface area contributed by atoms with Gasteiger partial charge >= 0.3 is 0 Å². The molecule has 0 spiro atoms. The highest BCUT2D eigenvalue weighted by molar-refractivity contribution is 5.93. The van der Waals surface area contributed by atoms with E-state index in [0.29, 0.717) is 47.6 Å². The molecular weight excluding hydrogens is 520 g/mol. The molecule has 0 unspecified atom stereocenters. The van der Waals surface area contributed by atoms with Gasteiger partial charge in [0.1, 0.15) is 5.82 Å². The van der Waals surface area contributed by atoms with Gasteiger partial charge in [-0.15, -0.1) is 0 Å². The minimum atomic E-state index is -0.468. The van der Waals surface area contributed by atoms with E-state index >= 15 is 0 Å². The Kier molecular flexibility index (Phi) is 7.95. The van der Waals surface area contributed by atoms with Crippen molar-refractivity contribution in [2.45, 2.75) is 70.0 Å². The van der Waals surface area contributed by atoms with Crippen molar-refractivity contribution in [3.8, 4) is 22.7 Å². The second kappa shape index (κ2) is 12.1. The minimum absolute atomic E-state index is 0.211. The van der Waals surface area contributed by atoms with Crippen molar-refractivity contribution in [3.05, 3.63) is 60.2 Å². The highest BCUT2D eigenvalue weighted by Gasteiger charge is 2.30. The van der Waals surface area contributed by atoms with E-state index in [1.54, 1.807) is 24.4 Å². The summed E-state index contributed by atoms with van der Waals surface area (Å²) in [7, 11) is 0. The number of hydrogen-bond acceptors (Lipinski definition) is 10. The summed E-state index contributed by atoms with van der Waals surface area (Å²) >= 11 is 0. The first kappa shape index (κ1) is 26.9. The van der Waals surface area contributed by atoms with Crippen LogP contribution >= 0.6 is 0 Å². The number of nitrogens with two attached hydrogens (primary N) is 1. The molecule has 4 aromatic rings. The van der Waals surface area contributed by atoms with Crippen LogP contribution < -0.4 is 21.3 Å². The van der Waals surface area contributed by atoms with Crippen LogP contribution in [0.25, 0.3) is 22.7 Å². The molecule has 41 heavy (non-hydrogen) atoms. The van der Waals surface area contributed by atoms with Crippen LogP contribution in [-0.2, 0) is 6.42 Å². The fraction of sp³-hybridized carbons (Fsp3) is 0.433. The van der Waals surface area contributed by atoms with Crippen molar-refractivity contribution in [1.82, 2.24) is 25.4 Å². The van der Waals surface area contributed by atoms with Crippen LogP contribution in [0.15, 0.2) is 57.7 Å². The average Bonchev–Trinajstić information content (AvgIpc) is 3.69. The third-order valence-corrected chi connectivity index (χ3v) is 7.98. The van der Waals surface area contributed by atoms with Crippen LogP contribution in [0.4, 0.5) is 11.8 Å². The van der Waals surface area contributed by atoms with Gasteiger partial charge in [-0.1, -0.05) is 37.1 Å². The standard InChI is InChI=1S/C30H36N8O3/c1-2-27-36-29(37-41-27)21-12-13-26(32-16-21)38-14-6-9-22(18-38)34-23-10-3-4-11-24(23)35-30-33-17-25(40-30)19-7-5-8-20(15-19)28(31)39/h5,7-8,12-13,15-17,22-24,34H,2-4,6,9-11,14,18H2,1H3,(H2,31,39)(H,33,35)/t22-,23+,24+/m0/s1. The number of aromatic nitrogens is 4. The number of anilines is 2. The lowest BCUT2D eigenvalue weighted by Crippen LogP contribution is -2.55. The molecule has 1 aromatic carbocycles. The molecule has 0 bridgehead atoms. The third kappa shape index (κ3) is 6.25. The molecule has 4 heterocycles. The normalized spacial score (nSPS) is 21.1. The van der Waals surface area contributed by atoms with Gasteiger partial charge in [0.25, 0.3) is 6.01 Å². The van der Waals surface area contributed by atoms with Gasteiger partial charge in [0.15, 0.2) is 5.76 Å². The zero-order chi connectivity index (χ0) is 28.2. The van der Waals surface area contributed by atoms with E-state index in [9.17, 15) is 4.79 Å². The van der Waals surface area contributed by atoms with E-state index in [2.05, 4.69) is 30.7 Å². The molecular formula is C30H36N8O3. The smallest absolute Gasteiger partial charge is 0.295 e. The van der Waals surface area contributed by atoms with Crippen LogP contribution in [0.1, 0.15) is 61.7 Å². The molecule has 3 aromatic heterocycles. The maximum absolute atomic E-state index is 11.6. The second-order valence-corrected chi connectivity index (χ2v) is 10.8. The molecule has 1 aliphatic carbocycles. The molecule has 3 atom stereocenters. The summed E-state index contributed by atoms with van der Waals surface area (Å²) in [6.07, 6.45) is 11.0. The van der Waals surface area contributed by atoms with Crippen LogP contribution in [0, 0.1) is 0 Å². The number of nitrogens with one attached hydrogen (secondary N) is 2. The van der Waals surface area contributed by atoms with Gasteiger partial charge in [-0.2, -0.15) is 4.98 Å². The molecule has 1 saturated heterocycles. The fourth-order valence-corrected chi connectivity index (χ4v) is 5.81. The molecule has 1 saturated carbocycles. The van der Waals surface area contributed by atoms with Crippen LogP contribution in [-0.4, -0.2) is 57.2 Å². The van der Waals surface area contributed by atoms with Crippen molar-refractivity contribution in [3.63, 3.8) is 0 Å². The average molecular weight is 557 g/mol. The summed E-state index contributed by atoms with van der Waals surface area (Å²) in [6.45, 7) is 3.87. The number of rotatable bonds is 9. The van der Waals surface area contributed by atoms with Crippen molar-refractivity contribution in [2.75, 3.05) is 23.3 Å². The molecule has 2 fully saturated rings. The predicted molar refractivity (Wildman–Crippen MR) is 155 cm³/mol. The molecule has 1 aliphatic heterocycles. The lowest BCUT2D eigenvalue weighted by Gasteiger charge is -2.39. The summed E-state index contributed by atoms with van der Waals surface area (Å²) in [4.78, 5) is 27.5. The van der Waals surface area contributed by atoms with Gasteiger partial charge in [-0.25, -0.2) is 9.97 Å². The lowest BCUT2D eigenvalue weighted by atomic mass is 9.89. The van der Waals surface area contributed by atoms with Gasteiger partial charge in [0.2, 0.25) is 17.6 Å². The Labute approximate surface area is 238 Å². The number of benzene rings is 1. The number of oxazole rings is 1. The fourth-order valence-electron chi connectivity index (χ4n) is 5.81.